The van der Waals surface area contributed by atoms with E-state index in [0.717, 1.165) is 5.65 Å². The third kappa shape index (κ3) is 1.09. The highest BCUT2D eigenvalue weighted by Crippen LogP contribution is 2.16. The van der Waals surface area contributed by atoms with Gasteiger partial charge in [-0.3, -0.25) is 0 Å². The van der Waals surface area contributed by atoms with Crippen molar-refractivity contribution in [3.8, 4) is 0 Å². The topological polar surface area (TPSA) is 17.3 Å². The van der Waals surface area contributed by atoms with E-state index < -0.39 is 0 Å². The Morgan fingerprint density at radius 1 is 1.42 bits per heavy atom. The normalized spacial score (nSPS) is 11.2. The van der Waals surface area contributed by atoms with E-state index in [9.17, 15) is 0 Å². The van der Waals surface area contributed by atoms with Crippen LogP contribution in [-0.4, -0.2) is 9.38 Å². The lowest BCUT2D eigenvalue weighted by atomic mass is 10.1. The third-order valence-electron chi connectivity index (χ3n) is 2.05. The molecule has 0 fully saturated rings. The highest BCUT2D eigenvalue weighted by Gasteiger charge is 2.02. The lowest BCUT2D eigenvalue weighted by Crippen LogP contribution is -1.82. The molecular formula is C10H12N2. The maximum atomic E-state index is 4.25. The van der Waals surface area contributed by atoms with E-state index in [0.29, 0.717) is 5.92 Å². The molecular weight excluding hydrogens is 148 g/mol. The summed E-state index contributed by atoms with van der Waals surface area (Å²) in [4.78, 5) is 4.25. The van der Waals surface area contributed by atoms with Crippen LogP contribution in [0.4, 0.5) is 0 Å². The Balaban J connectivity index is 2.62. The van der Waals surface area contributed by atoms with Crippen molar-refractivity contribution in [2.24, 2.45) is 0 Å². The minimum absolute atomic E-state index is 0.576. The summed E-state index contributed by atoms with van der Waals surface area (Å²) < 4.78 is 2.05. The fourth-order valence-electron chi connectivity index (χ4n) is 1.28. The number of hydrogen-bond donors (Lipinski definition) is 0. The summed E-state index contributed by atoms with van der Waals surface area (Å²) >= 11 is 0. The van der Waals surface area contributed by atoms with E-state index in [-0.39, 0.29) is 0 Å². The van der Waals surface area contributed by atoms with E-state index in [1.165, 1.54) is 5.56 Å². The first-order valence-electron chi connectivity index (χ1n) is 4.20. The standard InChI is InChI=1S/C10H12N2/c1-8(2)9-6-10-11-4-3-5-12(10)7-9/h3-8H,1-2H3. The van der Waals surface area contributed by atoms with Gasteiger partial charge in [-0.2, -0.15) is 0 Å². The van der Waals surface area contributed by atoms with Gasteiger partial charge in [-0.05, 0) is 23.6 Å². The van der Waals surface area contributed by atoms with Crippen molar-refractivity contribution in [2.75, 3.05) is 0 Å². The Hall–Kier alpha value is -1.31. The minimum Gasteiger partial charge on any atom is -0.308 e. The van der Waals surface area contributed by atoms with Gasteiger partial charge in [0.15, 0.2) is 0 Å². The van der Waals surface area contributed by atoms with E-state index in [1.54, 1.807) is 0 Å². The van der Waals surface area contributed by atoms with Crippen molar-refractivity contribution in [3.63, 3.8) is 0 Å². The molecule has 0 saturated carbocycles. The van der Waals surface area contributed by atoms with E-state index in [1.807, 2.05) is 18.5 Å². The van der Waals surface area contributed by atoms with Gasteiger partial charge in [0.05, 0.1) is 0 Å². The maximum Gasteiger partial charge on any atom is 0.136 e. The summed E-state index contributed by atoms with van der Waals surface area (Å²) in [5, 5.41) is 0. The summed E-state index contributed by atoms with van der Waals surface area (Å²) in [5.74, 6) is 0.576. The number of fused-ring (bicyclic) bond motifs is 1. The lowest BCUT2D eigenvalue weighted by Gasteiger charge is -1.96. The summed E-state index contributed by atoms with van der Waals surface area (Å²) in [6.45, 7) is 4.38. The van der Waals surface area contributed by atoms with Crippen LogP contribution >= 0.6 is 0 Å². The van der Waals surface area contributed by atoms with Gasteiger partial charge in [0.1, 0.15) is 5.65 Å². The maximum absolute atomic E-state index is 4.25. The Kier molecular flexibility index (Phi) is 1.61. The van der Waals surface area contributed by atoms with Crippen molar-refractivity contribution in [3.05, 3.63) is 36.3 Å². The summed E-state index contributed by atoms with van der Waals surface area (Å²) in [5.41, 5.74) is 2.37. The summed E-state index contributed by atoms with van der Waals surface area (Å²) in [6.07, 6.45) is 5.97. The second-order valence-corrected chi connectivity index (χ2v) is 3.31. The molecule has 2 aromatic rings. The molecule has 2 nitrogen and oxygen atoms in total. The zero-order valence-corrected chi connectivity index (χ0v) is 7.36. The summed E-state index contributed by atoms with van der Waals surface area (Å²) in [7, 11) is 0. The highest BCUT2D eigenvalue weighted by molar-refractivity contribution is 5.43. The van der Waals surface area contributed by atoms with Crippen molar-refractivity contribution in [1.29, 1.82) is 0 Å². The first-order chi connectivity index (χ1) is 5.77. The predicted molar refractivity (Wildman–Crippen MR) is 49.3 cm³/mol. The predicted octanol–water partition coefficient (Wildman–Crippen LogP) is 2.46. The number of nitrogens with zero attached hydrogens (tertiary/aromatic N) is 2. The SMILES string of the molecule is CC(C)c1cc2ncccn2c1. The molecule has 12 heavy (non-hydrogen) atoms. The first kappa shape index (κ1) is 7.35. The van der Waals surface area contributed by atoms with Crippen LogP contribution in [0.15, 0.2) is 30.7 Å². The van der Waals surface area contributed by atoms with Crippen LogP contribution in [0.1, 0.15) is 25.3 Å². The molecule has 2 heteroatoms. The molecule has 0 N–H and O–H groups in total. The Morgan fingerprint density at radius 2 is 2.25 bits per heavy atom. The zero-order chi connectivity index (χ0) is 8.55. The molecule has 0 amide bonds. The molecule has 0 aliphatic heterocycles. The zero-order valence-electron chi connectivity index (χ0n) is 7.36. The van der Waals surface area contributed by atoms with Gasteiger partial charge in [-0.15, -0.1) is 0 Å². The average molecular weight is 160 g/mol. The number of rotatable bonds is 1. The molecule has 0 saturated heterocycles. The van der Waals surface area contributed by atoms with Crippen LogP contribution in [0.2, 0.25) is 0 Å². The second-order valence-electron chi connectivity index (χ2n) is 3.31. The molecule has 2 aromatic heterocycles. The van der Waals surface area contributed by atoms with Crippen molar-refractivity contribution >= 4 is 5.65 Å². The molecule has 0 aliphatic rings. The molecule has 2 rings (SSSR count). The van der Waals surface area contributed by atoms with Crippen LogP contribution in [-0.2, 0) is 0 Å². The molecule has 0 atom stereocenters. The number of hydrogen-bond acceptors (Lipinski definition) is 1. The van der Waals surface area contributed by atoms with E-state index in [4.69, 9.17) is 0 Å². The van der Waals surface area contributed by atoms with E-state index >= 15 is 0 Å². The quantitative estimate of drug-likeness (QED) is 0.626. The van der Waals surface area contributed by atoms with Gasteiger partial charge in [0.2, 0.25) is 0 Å². The number of aromatic nitrogens is 2. The van der Waals surface area contributed by atoms with Crippen molar-refractivity contribution < 1.29 is 0 Å². The summed E-state index contributed by atoms with van der Waals surface area (Å²) in [6, 6.07) is 4.07. The van der Waals surface area contributed by atoms with E-state index in [2.05, 4.69) is 35.5 Å². The molecule has 0 spiro atoms. The second kappa shape index (κ2) is 2.63. The van der Waals surface area contributed by atoms with Crippen molar-refractivity contribution in [1.82, 2.24) is 9.38 Å². The molecule has 0 aromatic carbocycles. The molecule has 0 radical (unpaired) electrons. The Bertz CT molecular complexity index is 354. The highest BCUT2D eigenvalue weighted by atomic mass is 14.9. The largest absolute Gasteiger partial charge is 0.308 e. The van der Waals surface area contributed by atoms with Crippen LogP contribution in [0.3, 0.4) is 0 Å². The molecule has 0 unspecified atom stereocenters. The van der Waals surface area contributed by atoms with Gasteiger partial charge >= 0.3 is 0 Å². The minimum atomic E-state index is 0.576. The van der Waals surface area contributed by atoms with Gasteiger partial charge < -0.3 is 4.40 Å². The van der Waals surface area contributed by atoms with Crippen LogP contribution in [0.25, 0.3) is 5.65 Å². The molecule has 0 aliphatic carbocycles. The van der Waals surface area contributed by atoms with Gasteiger partial charge in [-0.25, -0.2) is 4.98 Å². The monoisotopic (exact) mass is 160 g/mol. The first-order valence-corrected chi connectivity index (χ1v) is 4.20. The van der Waals surface area contributed by atoms with Crippen molar-refractivity contribution in [2.45, 2.75) is 19.8 Å². The van der Waals surface area contributed by atoms with Crippen LogP contribution in [0.5, 0.6) is 0 Å². The average Bonchev–Trinajstić information content (AvgIpc) is 2.46. The fourth-order valence-corrected chi connectivity index (χ4v) is 1.28. The fraction of sp³-hybridized carbons (Fsp3) is 0.300. The molecule has 62 valence electrons. The van der Waals surface area contributed by atoms with Gasteiger partial charge in [0, 0.05) is 18.6 Å². The Labute approximate surface area is 71.9 Å². The van der Waals surface area contributed by atoms with Crippen LogP contribution < -0.4 is 0 Å². The molecule has 2 heterocycles. The van der Waals surface area contributed by atoms with Gasteiger partial charge in [-0.1, -0.05) is 13.8 Å². The van der Waals surface area contributed by atoms with Gasteiger partial charge in [0.25, 0.3) is 0 Å². The molecule has 0 bridgehead atoms. The Morgan fingerprint density at radius 3 is 2.92 bits per heavy atom. The van der Waals surface area contributed by atoms with Crippen LogP contribution in [0, 0.1) is 0 Å². The smallest absolute Gasteiger partial charge is 0.136 e. The lowest BCUT2D eigenvalue weighted by molar-refractivity contribution is 0.866. The third-order valence-corrected chi connectivity index (χ3v) is 2.05.